The number of nitrogens with zero attached hydrogens (tertiary/aromatic N) is 3. The van der Waals surface area contributed by atoms with Crippen molar-refractivity contribution in [2.24, 2.45) is 4.99 Å². The number of nitro benzene ring substituents is 1. The zero-order chi connectivity index (χ0) is 22.7. The van der Waals surface area contributed by atoms with Crippen LogP contribution in [-0.4, -0.2) is 9.49 Å². The molecule has 4 rings (SSSR count). The van der Waals surface area contributed by atoms with Crippen LogP contribution in [0.15, 0.2) is 89.2 Å². The van der Waals surface area contributed by atoms with E-state index in [9.17, 15) is 10.1 Å². The van der Waals surface area contributed by atoms with Crippen molar-refractivity contribution >= 4 is 22.7 Å². The van der Waals surface area contributed by atoms with Crippen LogP contribution in [0.2, 0.25) is 0 Å². The summed E-state index contributed by atoms with van der Waals surface area (Å²) in [7, 11) is 0. The molecule has 1 unspecified atom stereocenters. The molecule has 162 valence electrons. The van der Waals surface area contributed by atoms with E-state index in [1.54, 1.807) is 35.6 Å². The third-order valence-corrected chi connectivity index (χ3v) is 6.41. The van der Waals surface area contributed by atoms with E-state index in [1.807, 2.05) is 18.2 Å². The van der Waals surface area contributed by atoms with Crippen molar-refractivity contribution < 1.29 is 4.92 Å². The number of hydrogen-bond acceptors (Lipinski definition) is 4. The molecule has 0 fully saturated rings. The zero-order valence-corrected chi connectivity index (χ0v) is 19.1. The normalized spacial score (nSPS) is 12.8. The number of aromatic nitrogens is 1. The minimum Gasteiger partial charge on any atom is -0.309 e. The van der Waals surface area contributed by atoms with Gasteiger partial charge in [0.2, 0.25) is 0 Å². The predicted molar refractivity (Wildman–Crippen MR) is 130 cm³/mol. The lowest BCUT2D eigenvalue weighted by Gasteiger charge is -2.18. The molecule has 1 heterocycles. The minimum absolute atomic E-state index is 0.0429. The van der Waals surface area contributed by atoms with Crippen LogP contribution >= 0.6 is 11.3 Å². The molecule has 6 heteroatoms. The third-order valence-electron chi connectivity index (χ3n) is 5.57. The van der Waals surface area contributed by atoms with Crippen molar-refractivity contribution in [3.05, 3.63) is 110 Å². The Bertz CT molecular complexity index is 1270. The average molecular weight is 444 g/mol. The van der Waals surface area contributed by atoms with E-state index in [4.69, 9.17) is 4.99 Å². The van der Waals surface area contributed by atoms with Crippen LogP contribution in [0.5, 0.6) is 0 Å². The predicted octanol–water partition coefficient (Wildman–Crippen LogP) is 7.09. The highest BCUT2D eigenvalue weighted by atomic mass is 32.1. The van der Waals surface area contributed by atoms with Crippen LogP contribution in [0.1, 0.15) is 43.9 Å². The largest absolute Gasteiger partial charge is 0.309 e. The molecule has 5 nitrogen and oxygen atoms in total. The quantitative estimate of drug-likeness (QED) is 0.236. The van der Waals surface area contributed by atoms with Crippen molar-refractivity contribution in [1.82, 2.24) is 4.57 Å². The first-order valence-corrected chi connectivity index (χ1v) is 11.5. The van der Waals surface area contributed by atoms with E-state index in [0.29, 0.717) is 5.92 Å². The first-order valence-electron chi connectivity index (χ1n) is 10.6. The number of rotatable bonds is 6. The van der Waals surface area contributed by atoms with E-state index >= 15 is 0 Å². The second-order valence-electron chi connectivity index (χ2n) is 8.02. The Morgan fingerprint density at radius 2 is 1.53 bits per heavy atom. The van der Waals surface area contributed by atoms with Gasteiger partial charge in [0.25, 0.3) is 5.69 Å². The summed E-state index contributed by atoms with van der Waals surface area (Å²) in [6, 6.07) is 25.4. The lowest BCUT2D eigenvalue weighted by Crippen LogP contribution is -2.20. The Labute approximate surface area is 191 Å². The van der Waals surface area contributed by atoms with E-state index in [0.717, 1.165) is 21.7 Å². The van der Waals surface area contributed by atoms with E-state index in [2.05, 4.69) is 67.1 Å². The number of hydrogen-bond donors (Lipinski definition) is 0. The van der Waals surface area contributed by atoms with Crippen molar-refractivity contribution in [1.29, 1.82) is 0 Å². The van der Waals surface area contributed by atoms with Gasteiger partial charge in [0.15, 0.2) is 4.80 Å². The highest BCUT2D eigenvalue weighted by molar-refractivity contribution is 7.07. The molecule has 0 radical (unpaired) electrons. The molecule has 1 aromatic heterocycles. The fraction of sp³-hybridized carbons (Fsp3) is 0.192. The monoisotopic (exact) mass is 443 g/mol. The van der Waals surface area contributed by atoms with Crippen LogP contribution in [0.25, 0.3) is 11.3 Å². The first kappa shape index (κ1) is 21.7. The Hall–Kier alpha value is -3.51. The van der Waals surface area contributed by atoms with E-state index in [1.165, 1.54) is 11.1 Å². The Kier molecular flexibility index (Phi) is 6.32. The van der Waals surface area contributed by atoms with Gasteiger partial charge in [-0.05, 0) is 53.8 Å². The molecular weight excluding hydrogens is 418 g/mol. The van der Waals surface area contributed by atoms with Crippen LogP contribution in [0.4, 0.5) is 11.4 Å². The molecule has 0 bridgehead atoms. The number of nitro groups is 1. The Morgan fingerprint density at radius 3 is 2.12 bits per heavy atom. The molecular formula is C26H25N3O2S. The van der Waals surface area contributed by atoms with Crippen LogP contribution in [0, 0.1) is 10.1 Å². The highest BCUT2D eigenvalue weighted by Crippen LogP contribution is 2.29. The molecule has 0 aliphatic carbocycles. The SMILES string of the molecule is CC(C)c1ccc(N=c2scc(-c3ccc([N+](=O)[O-])cc3)n2C(C)c2ccccc2)cc1. The van der Waals surface area contributed by atoms with Gasteiger partial charge in [-0.15, -0.1) is 11.3 Å². The van der Waals surface area contributed by atoms with Crippen LogP contribution in [0.3, 0.4) is 0 Å². The molecule has 0 N–H and O–H groups in total. The minimum atomic E-state index is -0.375. The molecule has 0 aliphatic heterocycles. The van der Waals surface area contributed by atoms with Crippen molar-refractivity contribution in [3.63, 3.8) is 0 Å². The molecule has 0 saturated heterocycles. The lowest BCUT2D eigenvalue weighted by atomic mass is 10.0. The molecule has 0 aliphatic rings. The Balaban J connectivity index is 1.84. The summed E-state index contributed by atoms with van der Waals surface area (Å²) >= 11 is 1.57. The van der Waals surface area contributed by atoms with Crippen LogP contribution in [-0.2, 0) is 0 Å². The van der Waals surface area contributed by atoms with Gasteiger partial charge in [0.05, 0.1) is 22.3 Å². The highest BCUT2D eigenvalue weighted by Gasteiger charge is 2.16. The maximum Gasteiger partial charge on any atom is 0.269 e. The molecule has 1 atom stereocenters. The van der Waals surface area contributed by atoms with Gasteiger partial charge in [0, 0.05) is 17.5 Å². The molecule has 3 aromatic carbocycles. The summed E-state index contributed by atoms with van der Waals surface area (Å²) in [4.78, 5) is 16.5. The maximum atomic E-state index is 11.1. The standard InChI is InChI=1S/C26H25N3O2S/c1-18(2)20-9-13-23(14-10-20)27-26-28(19(3)21-7-5-4-6-8-21)25(17-32-26)22-11-15-24(16-12-22)29(30)31/h4-19H,1-3H3. The average Bonchev–Trinajstić information content (AvgIpc) is 3.23. The van der Waals surface area contributed by atoms with Crippen molar-refractivity contribution in [3.8, 4) is 11.3 Å². The fourth-order valence-corrected chi connectivity index (χ4v) is 4.66. The van der Waals surface area contributed by atoms with Gasteiger partial charge < -0.3 is 4.57 Å². The summed E-state index contributed by atoms with van der Waals surface area (Å²) in [5.41, 5.74) is 5.35. The van der Waals surface area contributed by atoms with Crippen molar-refractivity contribution in [2.75, 3.05) is 0 Å². The fourth-order valence-electron chi connectivity index (χ4n) is 3.67. The molecule has 0 amide bonds. The maximum absolute atomic E-state index is 11.1. The van der Waals surface area contributed by atoms with Gasteiger partial charge in [-0.1, -0.05) is 56.3 Å². The van der Waals surface area contributed by atoms with Gasteiger partial charge >= 0.3 is 0 Å². The van der Waals surface area contributed by atoms with Gasteiger partial charge in [-0.25, -0.2) is 4.99 Å². The number of non-ortho nitro benzene ring substituents is 1. The Morgan fingerprint density at radius 1 is 0.875 bits per heavy atom. The summed E-state index contributed by atoms with van der Waals surface area (Å²) in [6.07, 6.45) is 0. The van der Waals surface area contributed by atoms with Gasteiger partial charge in [0.1, 0.15) is 0 Å². The second kappa shape index (κ2) is 9.32. The van der Waals surface area contributed by atoms with E-state index < -0.39 is 0 Å². The number of benzene rings is 3. The summed E-state index contributed by atoms with van der Waals surface area (Å²) < 4.78 is 2.21. The topological polar surface area (TPSA) is 60.4 Å². The second-order valence-corrected chi connectivity index (χ2v) is 8.86. The molecule has 4 aromatic rings. The smallest absolute Gasteiger partial charge is 0.269 e. The van der Waals surface area contributed by atoms with E-state index in [-0.39, 0.29) is 16.7 Å². The summed E-state index contributed by atoms with van der Waals surface area (Å²) in [5.74, 6) is 0.475. The lowest BCUT2D eigenvalue weighted by molar-refractivity contribution is -0.384. The van der Waals surface area contributed by atoms with Gasteiger partial charge in [-0.2, -0.15) is 0 Å². The first-order chi connectivity index (χ1) is 15.4. The summed E-state index contributed by atoms with van der Waals surface area (Å²) in [6.45, 7) is 6.51. The van der Waals surface area contributed by atoms with Gasteiger partial charge in [-0.3, -0.25) is 10.1 Å². The molecule has 32 heavy (non-hydrogen) atoms. The zero-order valence-electron chi connectivity index (χ0n) is 18.3. The number of thiazole rings is 1. The van der Waals surface area contributed by atoms with Crippen molar-refractivity contribution in [2.45, 2.75) is 32.7 Å². The van der Waals surface area contributed by atoms with Crippen LogP contribution < -0.4 is 4.80 Å². The third kappa shape index (κ3) is 4.55. The molecule has 0 spiro atoms. The summed E-state index contributed by atoms with van der Waals surface area (Å²) in [5, 5.41) is 13.1. The molecule has 0 saturated carbocycles.